The van der Waals surface area contributed by atoms with Gasteiger partial charge in [-0.1, -0.05) is 12.1 Å². The summed E-state index contributed by atoms with van der Waals surface area (Å²) in [6.45, 7) is 0.393. The topological polar surface area (TPSA) is 105 Å². The summed E-state index contributed by atoms with van der Waals surface area (Å²) in [7, 11) is 2.88. The smallest absolute Gasteiger partial charge is 0.335 e. The molecule has 44 heavy (non-hydrogen) atoms. The SMILES string of the molecule is COC(=O)C1=C(NC(=O)CCc2ccn(-c3ccc(OCc4ccc(OC)cc4)cn3)n2)CCC(c2cc(F)cc(F)c2)C1. The van der Waals surface area contributed by atoms with Gasteiger partial charge in [-0.2, -0.15) is 5.10 Å². The van der Waals surface area contributed by atoms with Gasteiger partial charge in [0.1, 0.15) is 29.7 Å². The standard InChI is InChI=1S/C33H32F2N4O5/c1-42-27-7-3-21(4-8-27)20-44-28-9-11-31(36-19-28)39-14-13-26(38-39)6-12-32(40)37-30-10-5-22(17-29(30)33(41)43-2)23-15-24(34)18-25(35)16-23/h3-4,7-9,11,13-16,18-19,22H,5-6,10,12,17,20H2,1-2H3,(H,37,40). The molecule has 0 spiro atoms. The maximum absolute atomic E-state index is 13.8. The van der Waals surface area contributed by atoms with E-state index in [1.165, 1.54) is 19.2 Å². The summed E-state index contributed by atoms with van der Waals surface area (Å²) in [4.78, 5) is 29.8. The first kappa shape index (κ1) is 30.4. The molecule has 0 bridgehead atoms. The fourth-order valence-electron chi connectivity index (χ4n) is 5.08. The molecule has 9 nitrogen and oxygen atoms in total. The van der Waals surface area contributed by atoms with E-state index < -0.39 is 17.6 Å². The van der Waals surface area contributed by atoms with Crippen molar-refractivity contribution in [3.8, 4) is 17.3 Å². The van der Waals surface area contributed by atoms with Gasteiger partial charge in [-0.05, 0) is 78.8 Å². The first-order chi connectivity index (χ1) is 21.3. The predicted octanol–water partition coefficient (Wildman–Crippen LogP) is 5.58. The van der Waals surface area contributed by atoms with Crippen molar-refractivity contribution in [1.82, 2.24) is 20.1 Å². The normalized spacial score (nSPS) is 14.7. The Morgan fingerprint density at radius 3 is 2.43 bits per heavy atom. The van der Waals surface area contributed by atoms with Crippen LogP contribution in [0.5, 0.6) is 11.5 Å². The third-order valence-corrected chi connectivity index (χ3v) is 7.41. The van der Waals surface area contributed by atoms with E-state index in [-0.39, 0.29) is 24.7 Å². The maximum Gasteiger partial charge on any atom is 0.335 e. The van der Waals surface area contributed by atoms with Crippen molar-refractivity contribution in [2.45, 2.75) is 44.6 Å². The predicted molar refractivity (Wildman–Crippen MR) is 157 cm³/mol. The minimum absolute atomic E-state index is 0.138. The van der Waals surface area contributed by atoms with Crippen LogP contribution in [0.1, 0.15) is 48.4 Å². The molecule has 2 aromatic heterocycles. The number of halogens is 2. The number of hydrogen-bond acceptors (Lipinski definition) is 7. The molecule has 0 saturated heterocycles. The van der Waals surface area contributed by atoms with E-state index in [0.29, 0.717) is 60.0 Å². The Labute approximate surface area is 253 Å². The largest absolute Gasteiger partial charge is 0.497 e. The van der Waals surface area contributed by atoms with E-state index in [9.17, 15) is 18.4 Å². The molecule has 1 aliphatic rings. The average Bonchev–Trinajstić information content (AvgIpc) is 3.52. The summed E-state index contributed by atoms with van der Waals surface area (Å²) in [6, 6.07) is 16.4. The minimum atomic E-state index is -0.673. The number of pyridine rings is 1. The molecule has 2 aromatic carbocycles. The first-order valence-electron chi connectivity index (χ1n) is 14.1. The molecule has 1 unspecified atom stereocenters. The molecule has 4 aromatic rings. The highest BCUT2D eigenvalue weighted by Crippen LogP contribution is 2.36. The van der Waals surface area contributed by atoms with E-state index in [0.717, 1.165) is 17.4 Å². The van der Waals surface area contributed by atoms with E-state index in [1.807, 2.05) is 36.4 Å². The molecule has 2 heterocycles. The zero-order chi connectivity index (χ0) is 31.1. The molecule has 1 N–H and O–H groups in total. The van der Waals surface area contributed by atoms with Crippen molar-refractivity contribution in [3.63, 3.8) is 0 Å². The van der Waals surface area contributed by atoms with Crippen LogP contribution in [0, 0.1) is 11.6 Å². The van der Waals surface area contributed by atoms with Crippen LogP contribution in [-0.4, -0.2) is 40.9 Å². The summed E-state index contributed by atoms with van der Waals surface area (Å²) in [5, 5.41) is 7.38. The van der Waals surface area contributed by atoms with Crippen LogP contribution in [0.4, 0.5) is 8.78 Å². The average molecular weight is 603 g/mol. The number of hydrogen-bond donors (Lipinski definition) is 1. The lowest BCUT2D eigenvalue weighted by Gasteiger charge is -2.27. The molecule has 0 fully saturated rings. The number of methoxy groups -OCH3 is 2. The Hall–Kier alpha value is -5.06. The molecular weight excluding hydrogens is 570 g/mol. The van der Waals surface area contributed by atoms with Gasteiger partial charge in [-0.25, -0.2) is 23.2 Å². The fraction of sp³-hybridized carbons (Fsp3) is 0.273. The van der Waals surface area contributed by atoms with Crippen LogP contribution < -0.4 is 14.8 Å². The Kier molecular flexibility index (Phi) is 9.63. The van der Waals surface area contributed by atoms with Crippen LogP contribution in [-0.2, 0) is 27.4 Å². The Bertz CT molecular complexity index is 1630. The van der Waals surface area contributed by atoms with Gasteiger partial charge >= 0.3 is 5.97 Å². The van der Waals surface area contributed by atoms with Crippen molar-refractivity contribution in [1.29, 1.82) is 0 Å². The summed E-state index contributed by atoms with van der Waals surface area (Å²) in [5.41, 5.74) is 2.94. The van der Waals surface area contributed by atoms with Crippen LogP contribution in [0.2, 0.25) is 0 Å². The summed E-state index contributed by atoms with van der Waals surface area (Å²) >= 11 is 0. The number of aromatic nitrogens is 3. The zero-order valence-corrected chi connectivity index (χ0v) is 24.4. The van der Waals surface area contributed by atoms with Crippen LogP contribution in [0.25, 0.3) is 5.82 Å². The van der Waals surface area contributed by atoms with Crippen molar-refractivity contribution < 1.29 is 32.6 Å². The molecule has 0 aliphatic heterocycles. The highest BCUT2D eigenvalue weighted by Gasteiger charge is 2.28. The lowest BCUT2D eigenvalue weighted by Crippen LogP contribution is -2.29. The quantitative estimate of drug-likeness (QED) is 0.224. The van der Waals surface area contributed by atoms with Gasteiger partial charge in [-0.15, -0.1) is 0 Å². The lowest BCUT2D eigenvalue weighted by molar-refractivity contribution is -0.136. The number of benzene rings is 2. The monoisotopic (exact) mass is 602 g/mol. The second-order valence-electron chi connectivity index (χ2n) is 10.4. The van der Waals surface area contributed by atoms with Gasteiger partial charge in [0.15, 0.2) is 5.82 Å². The number of aryl methyl sites for hydroxylation is 1. The number of amides is 1. The zero-order valence-electron chi connectivity index (χ0n) is 24.4. The Balaban J connectivity index is 1.15. The van der Waals surface area contributed by atoms with E-state index in [1.54, 1.807) is 30.3 Å². The highest BCUT2D eigenvalue weighted by molar-refractivity contribution is 5.91. The van der Waals surface area contributed by atoms with Crippen LogP contribution in [0.3, 0.4) is 0 Å². The van der Waals surface area contributed by atoms with E-state index in [4.69, 9.17) is 14.2 Å². The highest BCUT2D eigenvalue weighted by atomic mass is 19.1. The maximum atomic E-state index is 13.8. The molecule has 0 saturated carbocycles. The third-order valence-electron chi connectivity index (χ3n) is 7.41. The number of rotatable bonds is 11. The van der Waals surface area contributed by atoms with Gasteiger partial charge in [0.2, 0.25) is 5.91 Å². The third kappa shape index (κ3) is 7.66. The molecular formula is C33H32F2N4O5. The Morgan fingerprint density at radius 2 is 1.75 bits per heavy atom. The van der Waals surface area contributed by atoms with Gasteiger partial charge in [0, 0.05) is 30.8 Å². The van der Waals surface area contributed by atoms with Gasteiger partial charge in [0.05, 0.1) is 31.7 Å². The number of nitrogens with zero attached hydrogens (tertiary/aromatic N) is 3. The number of nitrogens with one attached hydrogen (secondary N) is 1. The molecule has 1 aliphatic carbocycles. The van der Waals surface area contributed by atoms with Crippen LogP contribution in [0.15, 0.2) is 84.3 Å². The van der Waals surface area contributed by atoms with E-state index >= 15 is 0 Å². The van der Waals surface area contributed by atoms with Gasteiger partial charge in [0.25, 0.3) is 0 Å². The van der Waals surface area contributed by atoms with Crippen molar-refractivity contribution >= 4 is 11.9 Å². The van der Waals surface area contributed by atoms with Crippen molar-refractivity contribution in [2.75, 3.05) is 14.2 Å². The molecule has 1 atom stereocenters. The summed E-state index contributed by atoms with van der Waals surface area (Å²) in [5.74, 6) is -0.480. The first-order valence-corrected chi connectivity index (χ1v) is 14.1. The lowest BCUT2D eigenvalue weighted by atomic mass is 9.82. The summed E-state index contributed by atoms with van der Waals surface area (Å²) < 4.78 is 45.1. The second-order valence-corrected chi connectivity index (χ2v) is 10.4. The van der Waals surface area contributed by atoms with Crippen molar-refractivity contribution in [2.24, 2.45) is 0 Å². The number of carbonyl (C=O) groups is 2. The Morgan fingerprint density at radius 1 is 1.00 bits per heavy atom. The minimum Gasteiger partial charge on any atom is -0.497 e. The molecule has 11 heteroatoms. The number of esters is 1. The molecule has 1 amide bonds. The van der Waals surface area contributed by atoms with Crippen LogP contribution >= 0.6 is 0 Å². The number of carbonyl (C=O) groups excluding carboxylic acids is 2. The summed E-state index contributed by atoms with van der Waals surface area (Å²) in [6.07, 6.45) is 4.98. The van der Waals surface area contributed by atoms with Gasteiger partial charge < -0.3 is 19.5 Å². The molecule has 0 radical (unpaired) electrons. The number of ether oxygens (including phenoxy) is 3. The van der Waals surface area contributed by atoms with Gasteiger partial charge in [-0.3, -0.25) is 4.79 Å². The van der Waals surface area contributed by atoms with E-state index in [2.05, 4.69) is 15.4 Å². The number of allylic oxidation sites excluding steroid dienone is 1. The molecule has 228 valence electrons. The molecule has 5 rings (SSSR count). The van der Waals surface area contributed by atoms with Crippen molar-refractivity contribution in [3.05, 3.63) is 113 Å². The second kappa shape index (κ2) is 13.9. The fourth-order valence-corrected chi connectivity index (χ4v) is 5.08.